The van der Waals surface area contributed by atoms with E-state index >= 15 is 0 Å². The van der Waals surface area contributed by atoms with E-state index < -0.39 is 7.14 Å². The van der Waals surface area contributed by atoms with Gasteiger partial charge in [0, 0.05) is 41.1 Å². The van der Waals surface area contributed by atoms with Crippen molar-refractivity contribution in [1.82, 2.24) is 24.4 Å². The van der Waals surface area contributed by atoms with Gasteiger partial charge in [0.1, 0.15) is 36.4 Å². The lowest BCUT2D eigenvalue weighted by Crippen LogP contribution is -2.19. The van der Waals surface area contributed by atoms with Crippen LogP contribution in [0, 0.1) is 0 Å². The Morgan fingerprint density at radius 1 is 0.627 bits per heavy atom. The molecule has 2 aliphatic carbocycles. The minimum Gasteiger partial charge on any atom is -0.489 e. The number of carbonyl (C=O) groups is 1. The number of benzene rings is 6. The van der Waals surface area contributed by atoms with Gasteiger partial charge >= 0.3 is 0 Å². The third-order valence-electron chi connectivity index (χ3n) is 13.2. The standard InChI is InChI=1S/C30H36N3O2P.C27H26N2O2/c1-22(31-21-36(2,3)34)25-15-18-29-28(19-25)32-30(33(29)26-11-7-8-12-26)24-13-16-27(17-14-24)35-20-23-9-5-4-6-10-23;1-19(30)22-13-16-26-25(17-22)28-27(29(26)23-9-5-6-10-23)21-11-14-24(15-12-21)31-18-20-7-3-2-4-8-20/h4-6,9-10,13-19,22,26,31H,7-8,11-12,20-21H2,1-3H3;2-4,7-8,11-17,23H,5-6,9-10,18H2,1H3. The molecular formula is C57H62N5O4P. The Hall–Kier alpha value is -6.28. The van der Waals surface area contributed by atoms with Gasteiger partial charge in [-0.1, -0.05) is 92.4 Å². The maximum Gasteiger partial charge on any atom is 0.159 e. The van der Waals surface area contributed by atoms with Crippen LogP contribution in [-0.2, 0) is 17.8 Å². The largest absolute Gasteiger partial charge is 0.489 e. The van der Waals surface area contributed by atoms with E-state index in [1.54, 1.807) is 6.92 Å². The van der Waals surface area contributed by atoms with E-state index in [-0.39, 0.29) is 11.8 Å². The van der Waals surface area contributed by atoms with Gasteiger partial charge < -0.3 is 28.5 Å². The number of fused-ring (bicyclic) bond motifs is 2. The smallest absolute Gasteiger partial charge is 0.159 e. The van der Waals surface area contributed by atoms with Crippen LogP contribution in [0.4, 0.5) is 0 Å². The third kappa shape index (κ3) is 11.1. The molecule has 0 radical (unpaired) electrons. The second-order valence-electron chi connectivity index (χ2n) is 18.8. The Balaban J connectivity index is 0.000000170. The van der Waals surface area contributed by atoms with Crippen molar-refractivity contribution in [2.45, 2.75) is 96.6 Å². The summed E-state index contributed by atoms with van der Waals surface area (Å²) < 4.78 is 29.0. The van der Waals surface area contributed by atoms with Gasteiger partial charge in [0.2, 0.25) is 0 Å². The molecule has 9 nitrogen and oxygen atoms in total. The molecule has 0 aliphatic heterocycles. The summed E-state index contributed by atoms with van der Waals surface area (Å²) in [5.41, 5.74) is 10.6. The van der Waals surface area contributed by atoms with Crippen LogP contribution in [-0.4, -0.2) is 44.5 Å². The molecule has 8 aromatic rings. The van der Waals surface area contributed by atoms with Gasteiger partial charge in [-0.2, -0.15) is 0 Å². The highest BCUT2D eigenvalue weighted by molar-refractivity contribution is 7.62. The number of ketones is 1. The Morgan fingerprint density at radius 3 is 1.52 bits per heavy atom. The fourth-order valence-corrected chi connectivity index (χ4v) is 10.2. The van der Waals surface area contributed by atoms with Gasteiger partial charge in [0.05, 0.1) is 29.2 Å². The van der Waals surface area contributed by atoms with E-state index in [0.29, 0.717) is 37.1 Å². The molecule has 2 fully saturated rings. The van der Waals surface area contributed by atoms with Crippen LogP contribution in [0.25, 0.3) is 44.8 Å². The number of Topliss-reactive ketones (excluding diaryl/α,β-unsaturated/α-hetero) is 1. The summed E-state index contributed by atoms with van der Waals surface area (Å²) in [6.07, 6.45) is 10.3. The van der Waals surface area contributed by atoms with Crippen LogP contribution in [0.1, 0.15) is 110 Å². The molecule has 1 N–H and O–H groups in total. The Morgan fingerprint density at radius 2 is 1.07 bits per heavy atom. The highest BCUT2D eigenvalue weighted by atomic mass is 31.2. The normalized spacial score (nSPS) is 14.9. The highest BCUT2D eigenvalue weighted by Crippen LogP contribution is 2.40. The minimum atomic E-state index is -2.11. The molecule has 6 aromatic carbocycles. The average molecular weight is 912 g/mol. The van der Waals surface area contributed by atoms with Crippen molar-refractivity contribution in [1.29, 1.82) is 0 Å². The van der Waals surface area contributed by atoms with E-state index in [1.165, 1.54) is 62.4 Å². The molecule has 344 valence electrons. The van der Waals surface area contributed by atoms with Crippen molar-refractivity contribution < 1.29 is 18.8 Å². The lowest BCUT2D eigenvalue weighted by molar-refractivity contribution is 0.101. The van der Waals surface area contributed by atoms with Crippen LogP contribution in [0.15, 0.2) is 146 Å². The number of rotatable bonds is 15. The molecule has 2 saturated carbocycles. The van der Waals surface area contributed by atoms with Gasteiger partial charge in [0.25, 0.3) is 0 Å². The maximum atomic E-state index is 12.2. The minimum absolute atomic E-state index is 0.0683. The van der Waals surface area contributed by atoms with Crippen LogP contribution in [0.3, 0.4) is 0 Å². The Bertz CT molecular complexity index is 2960. The van der Waals surface area contributed by atoms with E-state index in [9.17, 15) is 9.36 Å². The molecular weight excluding hydrogens is 850 g/mol. The Labute approximate surface area is 395 Å². The van der Waals surface area contributed by atoms with Crippen LogP contribution in [0.2, 0.25) is 0 Å². The van der Waals surface area contributed by atoms with Crippen LogP contribution in [0.5, 0.6) is 11.5 Å². The zero-order chi connectivity index (χ0) is 46.3. The summed E-state index contributed by atoms with van der Waals surface area (Å²) in [6.45, 7) is 8.48. The average Bonchev–Trinajstić information content (AvgIpc) is 4.20. The fourth-order valence-electron chi connectivity index (χ4n) is 9.53. The number of hydrogen-bond donors (Lipinski definition) is 1. The van der Waals surface area contributed by atoms with Gasteiger partial charge in [-0.05, 0) is 148 Å². The van der Waals surface area contributed by atoms with Gasteiger partial charge in [-0.15, -0.1) is 0 Å². The second kappa shape index (κ2) is 20.7. The van der Waals surface area contributed by atoms with Gasteiger partial charge in [-0.25, -0.2) is 9.97 Å². The molecule has 10 rings (SSSR count). The molecule has 2 aromatic heterocycles. The molecule has 10 heteroatoms. The topological polar surface area (TPSA) is 100 Å². The molecule has 67 heavy (non-hydrogen) atoms. The molecule has 1 unspecified atom stereocenters. The van der Waals surface area contributed by atoms with E-state index in [2.05, 4.69) is 94.2 Å². The van der Waals surface area contributed by atoms with Crippen molar-refractivity contribution in [3.63, 3.8) is 0 Å². The third-order valence-corrected chi connectivity index (χ3v) is 14.1. The van der Waals surface area contributed by atoms with Crippen molar-refractivity contribution in [3.05, 3.63) is 168 Å². The van der Waals surface area contributed by atoms with E-state index in [4.69, 9.17) is 19.4 Å². The van der Waals surface area contributed by atoms with Crippen molar-refractivity contribution in [2.24, 2.45) is 0 Å². The number of ether oxygens (including phenoxy) is 2. The fraction of sp³-hybridized carbons (Fsp3) is 0.316. The molecule has 1 atom stereocenters. The highest BCUT2D eigenvalue weighted by Gasteiger charge is 2.26. The van der Waals surface area contributed by atoms with E-state index in [1.807, 2.05) is 86.1 Å². The zero-order valence-electron chi connectivity index (χ0n) is 39.2. The zero-order valence-corrected chi connectivity index (χ0v) is 40.1. The number of nitrogens with one attached hydrogen (secondary N) is 1. The molecule has 0 bridgehead atoms. The number of nitrogens with zero attached hydrogens (tertiary/aromatic N) is 4. The van der Waals surface area contributed by atoms with Crippen molar-refractivity contribution in [3.8, 4) is 34.3 Å². The summed E-state index contributed by atoms with van der Waals surface area (Å²) in [5, 5.41) is 3.43. The number of aromatic nitrogens is 4. The SMILES string of the molecule is CC(=O)c1ccc2c(c1)nc(-c1ccc(OCc3ccccc3)cc1)n2C1CCCC1.CC(NCP(C)(C)=O)c1ccc2c(c1)nc(-c1ccc(OCc3ccccc3)cc1)n2C1CCCC1. The van der Waals surface area contributed by atoms with E-state index in [0.717, 1.165) is 62.0 Å². The van der Waals surface area contributed by atoms with Crippen molar-refractivity contribution in [2.75, 3.05) is 19.6 Å². The maximum absolute atomic E-state index is 12.2. The molecule has 2 heterocycles. The quantitative estimate of drug-likeness (QED) is 0.0807. The first-order chi connectivity index (χ1) is 32.6. The monoisotopic (exact) mass is 911 g/mol. The summed E-state index contributed by atoms with van der Waals surface area (Å²) in [4.78, 5) is 22.0. The first kappa shape index (κ1) is 45.9. The van der Waals surface area contributed by atoms with Crippen LogP contribution < -0.4 is 14.8 Å². The summed E-state index contributed by atoms with van der Waals surface area (Å²) >= 11 is 0. The molecule has 0 spiro atoms. The number of hydrogen-bond acceptors (Lipinski definition) is 7. The second-order valence-corrected chi connectivity index (χ2v) is 22.2. The predicted molar refractivity (Wildman–Crippen MR) is 273 cm³/mol. The summed E-state index contributed by atoms with van der Waals surface area (Å²) in [6, 6.07) is 50.5. The van der Waals surface area contributed by atoms with Crippen molar-refractivity contribution >= 4 is 35.0 Å². The predicted octanol–water partition coefficient (Wildman–Crippen LogP) is 14.2. The summed E-state index contributed by atoms with van der Waals surface area (Å²) in [5.74, 6) is 3.76. The number of carbonyl (C=O) groups excluding carboxylic acids is 1. The van der Waals surface area contributed by atoms with Gasteiger partial charge in [0.15, 0.2) is 5.78 Å². The first-order valence-corrected chi connectivity index (χ1v) is 26.7. The summed E-state index contributed by atoms with van der Waals surface area (Å²) in [7, 11) is -2.11. The first-order valence-electron chi connectivity index (χ1n) is 23.9. The lowest BCUT2D eigenvalue weighted by atomic mass is 10.1. The van der Waals surface area contributed by atoms with Crippen LogP contribution >= 0.6 is 7.14 Å². The lowest BCUT2D eigenvalue weighted by Gasteiger charge is -2.18. The molecule has 2 aliphatic rings. The van der Waals surface area contributed by atoms with Gasteiger partial charge in [-0.3, -0.25) is 4.79 Å². The molecule has 0 saturated heterocycles. The Kier molecular flexibility index (Phi) is 14.2. The number of imidazole rings is 2. The molecule has 0 amide bonds.